The molecule has 2 aliphatic carbocycles. The molecule has 3 aliphatic rings. The van der Waals surface area contributed by atoms with Crippen LogP contribution in [0.3, 0.4) is 0 Å². The Bertz CT molecular complexity index is 929. The maximum Gasteiger partial charge on any atom is 0.344 e. The Morgan fingerprint density at radius 2 is 1.90 bits per heavy atom. The van der Waals surface area contributed by atoms with Crippen molar-refractivity contribution in [1.82, 2.24) is 5.01 Å². The zero-order valence-corrected chi connectivity index (χ0v) is 17.3. The van der Waals surface area contributed by atoms with E-state index in [0.29, 0.717) is 5.56 Å². The van der Waals surface area contributed by atoms with Crippen LogP contribution in [0.1, 0.15) is 18.9 Å². The minimum atomic E-state index is -0.527. The van der Waals surface area contributed by atoms with E-state index in [1.165, 1.54) is 13.3 Å². The topological polar surface area (TPSA) is 94.5 Å². The molecular weight excluding hydrogens is 412 g/mol. The van der Waals surface area contributed by atoms with Gasteiger partial charge in [-0.2, -0.15) is 10.1 Å². The van der Waals surface area contributed by atoms with E-state index in [-0.39, 0.29) is 65.2 Å². The molecule has 1 saturated heterocycles. The van der Waals surface area contributed by atoms with E-state index in [0.717, 1.165) is 11.4 Å². The summed E-state index contributed by atoms with van der Waals surface area (Å²) in [6.45, 7) is 1.63. The number of amides is 2. The number of rotatable bonds is 7. The van der Waals surface area contributed by atoms with Crippen LogP contribution in [0.2, 0.25) is 5.02 Å². The predicted molar refractivity (Wildman–Crippen MR) is 107 cm³/mol. The van der Waals surface area contributed by atoms with Crippen LogP contribution in [0.4, 0.5) is 0 Å². The van der Waals surface area contributed by atoms with Gasteiger partial charge in [-0.25, -0.2) is 4.79 Å². The van der Waals surface area contributed by atoms with Gasteiger partial charge in [0, 0.05) is 0 Å². The minimum Gasteiger partial charge on any atom is -0.493 e. The number of halogens is 1. The Balaban J connectivity index is 1.50. The van der Waals surface area contributed by atoms with Gasteiger partial charge in [-0.05, 0) is 42.9 Å². The number of allylic oxidation sites excluding steroid dienone is 2. The summed E-state index contributed by atoms with van der Waals surface area (Å²) < 4.78 is 15.5. The molecule has 1 aromatic carbocycles. The Hall–Kier alpha value is -2.87. The second kappa shape index (κ2) is 8.10. The number of hydrogen-bond acceptors (Lipinski definition) is 7. The summed E-state index contributed by atoms with van der Waals surface area (Å²) in [6, 6.07) is 3.14. The van der Waals surface area contributed by atoms with Gasteiger partial charge in [0.1, 0.15) is 0 Å². The lowest BCUT2D eigenvalue weighted by atomic mass is 9.85. The molecule has 1 saturated carbocycles. The van der Waals surface area contributed by atoms with Crippen molar-refractivity contribution < 1.29 is 28.6 Å². The van der Waals surface area contributed by atoms with Crippen LogP contribution in [0, 0.1) is 23.7 Å². The second-order valence-electron chi connectivity index (χ2n) is 7.36. The monoisotopic (exact) mass is 432 g/mol. The molecule has 2 amide bonds. The number of nitrogens with zero attached hydrogens (tertiary/aromatic N) is 2. The zero-order valence-electron chi connectivity index (χ0n) is 16.5. The van der Waals surface area contributed by atoms with E-state index in [2.05, 4.69) is 5.10 Å². The van der Waals surface area contributed by atoms with Crippen LogP contribution < -0.4 is 9.47 Å². The first-order chi connectivity index (χ1) is 14.4. The van der Waals surface area contributed by atoms with Crippen molar-refractivity contribution in [3.05, 3.63) is 34.9 Å². The molecule has 2 fully saturated rings. The average molecular weight is 433 g/mol. The zero-order chi connectivity index (χ0) is 21.4. The Labute approximate surface area is 178 Å². The van der Waals surface area contributed by atoms with Crippen LogP contribution in [-0.2, 0) is 19.1 Å². The van der Waals surface area contributed by atoms with E-state index >= 15 is 0 Å². The third-order valence-electron chi connectivity index (χ3n) is 5.66. The molecule has 0 N–H and O–H groups in total. The summed E-state index contributed by atoms with van der Waals surface area (Å²) in [5.74, 6) is -0.925. The first kappa shape index (κ1) is 20.4. The van der Waals surface area contributed by atoms with Crippen LogP contribution in [0.15, 0.2) is 29.4 Å². The number of fused-ring (bicyclic) bond motifs is 5. The minimum absolute atomic E-state index is 0.127. The highest BCUT2D eigenvalue weighted by Crippen LogP contribution is 2.52. The molecule has 2 bridgehead atoms. The van der Waals surface area contributed by atoms with Gasteiger partial charge in [0.05, 0.1) is 36.8 Å². The summed E-state index contributed by atoms with van der Waals surface area (Å²) in [6.07, 6.45) is 6.31. The number of imide groups is 1. The fourth-order valence-electron chi connectivity index (χ4n) is 4.41. The third kappa shape index (κ3) is 3.45. The highest BCUT2D eigenvalue weighted by atomic mass is 35.5. The molecule has 0 aromatic heterocycles. The number of esters is 1. The van der Waals surface area contributed by atoms with Gasteiger partial charge in [-0.3, -0.25) is 9.59 Å². The van der Waals surface area contributed by atoms with Crippen LogP contribution in [0.5, 0.6) is 11.5 Å². The molecule has 4 rings (SSSR count). The summed E-state index contributed by atoms with van der Waals surface area (Å²) in [5.41, 5.74) is 0.513. The number of methoxy groups -OCH3 is 1. The van der Waals surface area contributed by atoms with Crippen molar-refractivity contribution >= 4 is 35.6 Å². The Morgan fingerprint density at radius 3 is 2.50 bits per heavy atom. The van der Waals surface area contributed by atoms with Gasteiger partial charge < -0.3 is 14.2 Å². The van der Waals surface area contributed by atoms with E-state index in [1.54, 1.807) is 19.1 Å². The second-order valence-corrected chi connectivity index (χ2v) is 7.77. The van der Waals surface area contributed by atoms with Crippen LogP contribution in [-0.4, -0.2) is 49.3 Å². The maximum atomic E-state index is 12.7. The van der Waals surface area contributed by atoms with Gasteiger partial charge in [0.25, 0.3) is 11.8 Å². The number of carbonyl (C=O) groups is 3. The van der Waals surface area contributed by atoms with Crippen molar-refractivity contribution in [2.75, 3.05) is 20.3 Å². The molecular formula is C21H21ClN2O6. The smallest absolute Gasteiger partial charge is 0.344 e. The molecule has 158 valence electrons. The van der Waals surface area contributed by atoms with E-state index in [9.17, 15) is 14.4 Å². The first-order valence-corrected chi connectivity index (χ1v) is 10.1. The van der Waals surface area contributed by atoms with Crippen molar-refractivity contribution in [2.45, 2.75) is 13.3 Å². The largest absolute Gasteiger partial charge is 0.493 e. The Morgan fingerprint density at radius 1 is 1.23 bits per heavy atom. The SMILES string of the molecule is CCOC(=O)COc1c(Cl)cc(C=NN2C(=O)C3C4C=CC(C4)C3C2=O)cc1OC. The molecule has 4 atom stereocenters. The summed E-state index contributed by atoms with van der Waals surface area (Å²) in [4.78, 5) is 36.9. The lowest BCUT2D eigenvalue weighted by molar-refractivity contribution is -0.145. The van der Waals surface area contributed by atoms with Crippen molar-refractivity contribution in [3.8, 4) is 11.5 Å². The highest BCUT2D eigenvalue weighted by molar-refractivity contribution is 6.32. The highest BCUT2D eigenvalue weighted by Gasteiger charge is 2.59. The van der Waals surface area contributed by atoms with E-state index < -0.39 is 5.97 Å². The van der Waals surface area contributed by atoms with Crippen LogP contribution in [0.25, 0.3) is 0 Å². The summed E-state index contributed by atoms with van der Waals surface area (Å²) in [5, 5.41) is 5.29. The molecule has 0 radical (unpaired) electrons. The average Bonchev–Trinajstić information content (AvgIpc) is 3.40. The lowest BCUT2D eigenvalue weighted by Crippen LogP contribution is -2.28. The molecule has 30 heavy (non-hydrogen) atoms. The number of benzene rings is 1. The van der Waals surface area contributed by atoms with Gasteiger partial charge in [-0.1, -0.05) is 23.8 Å². The molecule has 1 aromatic rings. The van der Waals surface area contributed by atoms with Crippen molar-refractivity contribution in [1.29, 1.82) is 0 Å². The number of carbonyl (C=O) groups excluding carboxylic acids is 3. The molecule has 8 nitrogen and oxygen atoms in total. The van der Waals surface area contributed by atoms with Crippen molar-refractivity contribution in [3.63, 3.8) is 0 Å². The van der Waals surface area contributed by atoms with Crippen molar-refractivity contribution in [2.24, 2.45) is 28.8 Å². The molecule has 9 heteroatoms. The van der Waals surface area contributed by atoms with Gasteiger partial charge in [0.15, 0.2) is 18.1 Å². The fraction of sp³-hybridized carbons (Fsp3) is 0.429. The first-order valence-electron chi connectivity index (χ1n) is 9.70. The van der Waals surface area contributed by atoms with Gasteiger partial charge >= 0.3 is 5.97 Å². The predicted octanol–water partition coefficient (Wildman–Crippen LogP) is 2.43. The lowest BCUT2D eigenvalue weighted by Gasteiger charge is -2.13. The summed E-state index contributed by atoms with van der Waals surface area (Å²) >= 11 is 6.28. The molecule has 1 aliphatic heterocycles. The summed E-state index contributed by atoms with van der Waals surface area (Å²) in [7, 11) is 1.43. The maximum absolute atomic E-state index is 12.7. The van der Waals surface area contributed by atoms with Crippen LogP contribution >= 0.6 is 11.6 Å². The standard InChI is InChI=1S/C21H21ClN2O6/c1-3-29-16(25)10-30-19-14(22)6-11(7-15(19)28-2)9-23-24-20(26)17-12-4-5-13(8-12)18(17)21(24)27/h4-7,9,12-13,17-18H,3,8,10H2,1-2H3. The number of ether oxygens (including phenoxy) is 3. The number of hydrogen-bond donors (Lipinski definition) is 0. The fourth-order valence-corrected chi connectivity index (χ4v) is 4.69. The van der Waals surface area contributed by atoms with Gasteiger partial charge in [0.2, 0.25) is 0 Å². The van der Waals surface area contributed by atoms with E-state index in [4.69, 9.17) is 25.8 Å². The van der Waals surface area contributed by atoms with E-state index in [1.807, 2.05) is 12.2 Å². The Kier molecular flexibility index (Phi) is 5.51. The number of hydrazone groups is 1. The third-order valence-corrected chi connectivity index (χ3v) is 5.94. The molecule has 1 heterocycles. The van der Waals surface area contributed by atoms with Gasteiger partial charge in [-0.15, -0.1) is 0 Å². The quantitative estimate of drug-likeness (QED) is 0.284. The molecule has 0 spiro atoms. The normalized spacial score (nSPS) is 26.6. The molecule has 4 unspecified atom stereocenters.